The Hall–Kier alpha value is -5.76. The van der Waals surface area contributed by atoms with E-state index in [-0.39, 0.29) is 54.7 Å². The lowest BCUT2D eigenvalue weighted by Gasteiger charge is -2.31. The number of piperidine rings is 2. The summed E-state index contributed by atoms with van der Waals surface area (Å²) in [6.45, 7) is 3.17. The summed E-state index contributed by atoms with van der Waals surface area (Å²) in [5.74, 6) is -1.94. The van der Waals surface area contributed by atoms with Gasteiger partial charge in [-0.15, -0.1) is 0 Å². The first-order chi connectivity index (χ1) is 29.8. The van der Waals surface area contributed by atoms with Crippen LogP contribution >= 0.6 is 15.9 Å². The van der Waals surface area contributed by atoms with Gasteiger partial charge in [0.2, 0.25) is 27.8 Å². The summed E-state index contributed by atoms with van der Waals surface area (Å²) in [5.41, 5.74) is 9.43. The molecular formula is C43H47BrN8O9S. The monoisotopic (exact) mass is 930 g/mol. The zero-order valence-electron chi connectivity index (χ0n) is 34.0. The number of aromatic nitrogens is 2. The van der Waals surface area contributed by atoms with Gasteiger partial charge in [-0.2, -0.15) is 4.98 Å². The number of unbranched alkanes of at least 4 members (excludes halogenated alkanes) is 1. The fraction of sp³-hybridized carbons (Fsp3) is 0.372. The van der Waals surface area contributed by atoms with E-state index in [1.807, 2.05) is 30.3 Å². The van der Waals surface area contributed by atoms with Crippen molar-refractivity contribution < 1.29 is 41.9 Å². The van der Waals surface area contributed by atoms with Crippen molar-refractivity contribution in [3.63, 3.8) is 0 Å². The Balaban J connectivity index is 0.807. The molecule has 4 aromatic rings. The van der Waals surface area contributed by atoms with Crippen LogP contribution in [0.5, 0.6) is 5.75 Å². The van der Waals surface area contributed by atoms with Gasteiger partial charge in [-0.3, -0.25) is 34.2 Å². The van der Waals surface area contributed by atoms with Crippen LogP contribution < -0.4 is 26.4 Å². The second kappa shape index (κ2) is 19.5. The molecule has 19 heteroatoms. The van der Waals surface area contributed by atoms with Crippen molar-refractivity contribution in [2.75, 3.05) is 42.7 Å². The van der Waals surface area contributed by atoms with Crippen molar-refractivity contribution in [3.8, 4) is 5.75 Å². The minimum absolute atomic E-state index is 0.0360. The van der Waals surface area contributed by atoms with Gasteiger partial charge in [-0.1, -0.05) is 42.5 Å². The molecule has 62 heavy (non-hydrogen) atoms. The van der Waals surface area contributed by atoms with Crippen LogP contribution in [0.25, 0.3) is 0 Å². The molecule has 1 atom stereocenters. The topological polar surface area (TPSA) is 232 Å². The number of hydrogen-bond donors (Lipinski definition) is 4. The molecular weight excluding hydrogens is 884 g/mol. The van der Waals surface area contributed by atoms with Crippen molar-refractivity contribution in [1.82, 2.24) is 24.5 Å². The second-order valence-electron chi connectivity index (χ2n) is 15.3. The van der Waals surface area contributed by atoms with Gasteiger partial charge in [0.05, 0.1) is 39.2 Å². The lowest BCUT2D eigenvalue weighted by molar-refractivity contribution is -0.136. The molecule has 0 bridgehead atoms. The molecule has 1 unspecified atom stereocenters. The number of nitrogens with one attached hydrogen (secondary N) is 3. The third kappa shape index (κ3) is 10.3. The maximum absolute atomic E-state index is 13.4. The third-order valence-electron chi connectivity index (χ3n) is 11.0. The highest BCUT2D eigenvalue weighted by Crippen LogP contribution is 2.34. The molecule has 17 nitrogen and oxygen atoms in total. The summed E-state index contributed by atoms with van der Waals surface area (Å²) in [6, 6.07) is 16.9. The van der Waals surface area contributed by atoms with Crippen LogP contribution in [0, 0.1) is 6.92 Å². The van der Waals surface area contributed by atoms with Crippen LogP contribution in [0.2, 0.25) is 0 Å². The van der Waals surface area contributed by atoms with E-state index in [0.29, 0.717) is 60.0 Å². The Labute approximate surface area is 367 Å². The molecule has 1 aromatic heterocycles. The van der Waals surface area contributed by atoms with Crippen molar-refractivity contribution in [2.24, 2.45) is 5.73 Å². The Morgan fingerprint density at radius 3 is 2.50 bits per heavy atom. The summed E-state index contributed by atoms with van der Waals surface area (Å²) in [7, 11) is -3.51. The number of fused-ring (bicyclic) bond motifs is 1. The Bertz CT molecular complexity index is 2500. The molecule has 5 amide bonds. The van der Waals surface area contributed by atoms with Gasteiger partial charge in [-0.25, -0.2) is 17.7 Å². The van der Waals surface area contributed by atoms with Gasteiger partial charge in [0, 0.05) is 38.4 Å². The first-order valence-corrected chi connectivity index (χ1v) is 22.8. The maximum atomic E-state index is 13.4. The average Bonchev–Trinajstić information content (AvgIpc) is 3.50. The van der Waals surface area contributed by atoms with Crippen LogP contribution in [-0.2, 0) is 37.4 Å². The number of nitrogens with two attached hydrogens (primary N) is 1. The van der Waals surface area contributed by atoms with Crippen molar-refractivity contribution in [3.05, 3.63) is 105 Å². The van der Waals surface area contributed by atoms with Crippen LogP contribution in [-0.4, -0.2) is 101 Å². The fourth-order valence-electron chi connectivity index (χ4n) is 7.78. The van der Waals surface area contributed by atoms with E-state index < -0.39 is 45.6 Å². The fourth-order valence-corrected chi connectivity index (χ4v) is 9.42. The maximum Gasteiger partial charge on any atom is 0.266 e. The first-order valence-electron chi connectivity index (χ1n) is 20.4. The number of imide groups is 2. The molecule has 3 aromatic carbocycles. The number of carbonyl (C=O) groups is 5. The third-order valence-corrected chi connectivity index (χ3v) is 13.4. The number of nitrogens with zero attached hydrogens (tertiary/aromatic N) is 4. The number of aryl methyl sites for hydroxylation is 2. The van der Waals surface area contributed by atoms with E-state index in [0.717, 1.165) is 40.9 Å². The zero-order chi connectivity index (χ0) is 44.0. The lowest BCUT2D eigenvalue weighted by atomic mass is 10.0. The van der Waals surface area contributed by atoms with Crippen LogP contribution in [0.3, 0.4) is 0 Å². The molecule has 0 saturated carbocycles. The highest BCUT2D eigenvalue weighted by atomic mass is 79.9. The molecule has 4 heterocycles. The van der Waals surface area contributed by atoms with Gasteiger partial charge < -0.3 is 25.8 Å². The molecule has 0 aliphatic carbocycles. The molecule has 0 radical (unpaired) electrons. The van der Waals surface area contributed by atoms with E-state index in [2.05, 4.69) is 41.8 Å². The second-order valence-corrected chi connectivity index (χ2v) is 18.3. The Kier molecular flexibility index (Phi) is 13.9. The summed E-state index contributed by atoms with van der Waals surface area (Å²) in [6.07, 6.45) is 5.16. The number of benzene rings is 3. The zero-order valence-corrected chi connectivity index (χ0v) is 36.4. The number of amides is 5. The largest absolute Gasteiger partial charge is 0.488 e. The number of rotatable bonds is 18. The van der Waals surface area contributed by atoms with E-state index in [1.165, 1.54) is 10.4 Å². The van der Waals surface area contributed by atoms with E-state index in [9.17, 15) is 32.4 Å². The van der Waals surface area contributed by atoms with E-state index in [1.54, 1.807) is 37.4 Å². The Morgan fingerprint density at radius 1 is 0.968 bits per heavy atom. The number of hydrogen-bond acceptors (Lipinski definition) is 13. The number of anilines is 3. The van der Waals surface area contributed by atoms with E-state index in [4.69, 9.17) is 15.2 Å². The number of primary amides is 1. The van der Waals surface area contributed by atoms with Crippen molar-refractivity contribution in [1.29, 1.82) is 0 Å². The molecule has 7 rings (SSSR count). The van der Waals surface area contributed by atoms with Gasteiger partial charge in [0.1, 0.15) is 24.2 Å². The molecule has 5 N–H and O–H groups in total. The predicted molar refractivity (Wildman–Crippen MR) is 232 cm³/mol. The van der Waals surface area contributed by atoms with Gasteiger partial charge in [0.15, 0.2) is 0 Å². The molecule has 2 fully saturated rings. The Morgan fingerprint density at radius 2 is 1.73 bits per heavy atom. The summed E-state index contributed by atoms with van der Waals surface area (Å²) < 4.78 is 40.1. The van der Waals surface area contributed by atoms with Crippen molar-refractivity contribution in [2.45, 2.75) is 70.6 Å². The summed E-state index contributed by atoms with van der Waals surface area (Å²) in [4.78, 5) is 72.6. The molecule has 3 aliphatic heterocycles. The summed E-state index contributed by atoms with van der Waals surface area (Å²) >= 11 is 3.46. The van der Waals surface area contributed by atoms with Crippen LogP contribution in [0.4, 0.5) is 17.5 Å². The smallest absolute Gasteiger partial charge is 0.266 e. The highest BCUT2D eigenvalue weighted by Gasteiger charge is 2.46. The number of sulfonamides is 1. The minimum Gasteiger partial charge on any atom is -0.488 e. The quantitative estimate of drug-likeness (QED) is 0.0790. The molecule has 0 spiro atoms. The molecule has 326 valence electrons. The summed E-state index contributed by atoms with van der Waals surface area (Å²) in [5, 5.41) is 8.68. The van der Waals surface area contributed by atoms with Gasteiger partial charge in [0.25, 0.3) is 17.7 Å². The standard InChI is InChI=1S/C43H47BrN8O9S/c1-26-7-4-12-32(36(26)38(45)54)48-39-31(44)24-46-43(50-39)47-29-16-18-51(19-17-29)62(58,59)22-21-60-20-3-2-8-27-9-5-10-28(23-27)25-61-34-13-6-11-30-37(34)42(57)52(41(30)56)33-14-15-35(53)49-40(33)55/h4-7,9-13,23-24,29,33H,2-3,8,14-22,25H2,1H3,(H2,45,54)(H,49,53,55)(H2,46,47,48,50). The van der Waals surface area contributed by atoms with Crippen molar-refractivity contribution >= 4 is 72.9 Å². The minimum atomic E-state index is -3.51. The molecule has 2 saturated heterocycles. The van der Waals surface area contributed by atoms with Gasteiger partial charge >= 0.3 is 0 Å². The van der Waals surface area contributed by atoms with Crippen LogP contribution in [0.15, 0.2) is 71.3 Å². The number of halogens is 1. The number of ether oxygens (including phenoxy) is 2. The number of carbonyl (C=O) groups excluding carboxylic acids is 5. The van der Waals surface area contributed by atoms with Crippen LogP contribution in [0.1, 0.15) is 86.3 Å². The van der Waals surface area contributed by atoms with E-state index >= 15 is 0 Å². The first kappa shape index (κ1) is 44.3. The molecule has 3 aliphatic rings. The lowest BCUT2D eigenvalue weighted by Crippen LogP contribution is -2.54. The average molecular weight is 932 g/mol. The van der Waals surface area contributed by atoms with Gasteiger partial charge in [-0.05, 0) is 96.3 Å². The normalized spacial score (nSPS) is 17.2. The highest BCUT2D eigenvalue weighted by molar-refractivity contribution is 9.10. The SMILES string of the molecule is Cc1cccc(Nc2nc(NC3CCN(S(=O)(=O)CCOCCCCc4cccc(COc5cccc6c5C(=O)N(C5CCC(=O)NC5=O)C6=O)c4)CC3)ncc2Br)c1C(N)=O. The predicted octanol–water partition coefficient (Wildman–Crippen LogP) is 4.62.